The van der Waals surface area contributed by atoms with Crippen LogP contribution in [0.1, 0.15) is 77.6 Å². The first-order valence-corrected chi connectivity index (χ1v) is 8.05. The third-order valence-corrected chi connectivity index (χ3v) is 4.64. The van der Waals surface area contributed by atoms with E-state index in [1.165, 1.54) is 70.6 Å². The number of rotatable bonds is 9. The van der Waals surface area contributed by atoms with Gasteiger partial charge in [-0.3, -0.25) is 0 Å². The molecule has 2 fully saturated rings. The van der Waals surface area contributed by atoms with Gasteiger partial charge in [0.1, 0.15) is 0 Å². The Kier molecular flexibility index (Phi) is 5.84. The molecule has 1 aliphatic heterocycles. The van der Waals surface area contributed by atoms with Crippen molar-refractivity contribution in [2.24, 2.45) is 11.8 Å². The van der Waals surface area contributed by atoms with Crippen LogP contribution in [0.4, 0.5) is 0 Å². The fourth-order valence-electron chi connectivity index (χ4n) is 3.47. The summed E-state index contributed by atoms with van der Waals surface area (Å²) in [5, 5.41) is 0. The Hall–Kier alpha value is -0.0400. The van der Waals surface area contributed by atoms with Gasteiger partial charge in [0.2, 0.25) is 0 Å². The summed E-state index contributed by atoms with van der Waals surface area (Å²) in [5.41, 5.74) is 0. The van der Waals surface area contributed by atoms with Gasteiger partial charge in [-0.25, -0.2) is 0 Å². The minimum absolute atomic E-state index is 0.688. The quantitative estimate of drug-likeness (QED) is 0.517. The van der Waals surface area contributed by atoms with Crippen LogP contribution in [0.5, 0.6) is 0 Å². The molecular weight excluding hydrogens is 208 g/mol. The van der Waals surface area contributed by atoms with Gasteiger partial charge >= 0.3 is 0 Å². The molecule has 1 nitrogen and oxygen atoms in total. The molecule has 2 aliphatic rings. The van der Waals surface area contributed by atoms with Crippen molar-refractivity contribution >= 4 is 0 Å². The van der Waals surface area contributed by atoms with Crippen molar-refractivity contribution < 1.29 is 4.74 Å². The molecule has 0 aromatic rings. The van der Waals surface area contributed by atoms with Gasteiger partial charge in [-0.2, -0.15) is 0 Å². The van der Waals surface area contributed by atoms with Gasteiger partial charge in [0.25, 0.3) is 0 Å². The molecule has 0 amide bonds. The smallest absolute Gasteiger partial charge is 0.0638 e. The Morgan fingerprint density at radius 1 is 0.941 bits per heavy atom. The Morgan fingerprint density at radius 2 is 1.65 bits per heavy atom. The summed E-state index contributed by atoms with van der Waals surface area (Å²) in [7, 11) is 0. The van der Waals surface area contributed by atoms with E-state index in [0.29, 0.717) is 6.10 Å². The van der Waals surface area contributed by atoms with Gasteiger partial charge in [0, 0.05) is 6.61 Å². The van der Waals surface area contributed by atoms with Crippen LogP contribution < -0.4 is 0 Å². The van der Waals surface area contributed by atoms with Crippen molar-refractivity contribution in [2.45, 2.75) is 83.7 Å². The molecule has 1 heteroatoms. The monoisotopic (exact) mass is 238 g/mol. The first kappa shape index (κ1) is 13.4. The van der Waals surface area contributed by atoms with E-state index < -0.39 is 0 Å². The standard InChI is InChI=1S/C16H30O/c1-2-3-4-5-6-7-8-9-11-14-15-12-10-13-17-16(14)15/h14-16H,2-13H2,1H3/t14-,15-,16+/m0/s1. The van der Waals surface area contributed by atoms with Crippen molar-refractivity contribution in [2.75, 3.05) is 6.61 Å². The normalized spacial score (nSPS) is 31.2. The van der Waals surface area contributed by atoms with Crippen molar-refractivity contribution in [3.8, 4) is 0 Å². The molecule has 3 atom stereocenters. The van der Waals surface area contributed by atoms with Crippen LogP contribution in [0, 0.1) is 11.8 Å². The highest BCUT2D eigenvalue weighted by Crippen LogP contribution is 2.50. The Balaban J connectivity index is 1.37. The maximum atomic E-state index is 5.79. The largest absolute Gasteiger partial charge is 0.378 e. The molecule has 0 N–H and O–H groups in total. The van der Waals surface area contributed by atoms with Gasteiger partial charge in [0.05, 0.1) is 6.10 Å². The van der Waals surface area contributed by atoms with E-state index in [-0.39, 0.29) is 0 Å². The molecule has 1 saturated heterocycles. The lowest BCUT2D eigenvalue weighted by Gasteiger charge is -2.07. The highest BCUT2D eigenvalue weighted by atomic mass is 16.5. The Labute approximate surface area is 107 Å². The average Bonchev–Trinajstić information content (AvgIpc) is 3.06. The number of unbranched alkanes of at least 4 members (excludes halogenated alkanes) is 7. The molecule has 0 bridgehead atoms. The summed E-state index contributed by atoms with van der Waals surface area (Å²) >= 11 is 0. The predicted octanol–water partition coefficient (Wildman–Crippen LogP) is 4.94. The highest BCUT2D eigenvalue weighted by Gasteiger charge is 2.51. The van der Waals surface area contributed by atoms with Crippen LogP contribution in [0.25, 0.3) is 0 Å². The van der Waals surface area contributed by atoms with Crippen LogP contribution in [0.15, 0.2) is 0 Å². The van der Waals surface area contributed by atoms with E-state index in [2.05, 4.69) is 6.92 Å². The highest BCUT2D eigenvalue weighted by molar-refractivity contribution is 5.00. The molecule has 1 saturated carbocycles. The first-order valence-electron chi connectivity index (χ1n) is 8.05. The number of fused-ring (bicyclic) bond motifs is 1. The molecule has 0 radical (unpaired) electrons. The molecule has 0 aromatic carbocycles. The second-order valence-electron chi connectivity index (χ2n) is 6.07. The number of ether oxygens (including phenoxy) is 1. The predicted molar refractivity (Wildman–Crippen MR) is 73.2 cm³/mol. The van der Waals surface area contributed by atoms with Crippen molar-refractivity contribution in [1.29, 1.82) is 0 Å². The zero-order valence-corrected chi connectivity index (χ0v) is 11.6. The second-order valence-corrected chi connectivity index (χ2v) is 6.07. The second kappa shape index (κ2) is 7.41. The van der Waals surface area contributed by atoms with Crippen LogP contribution in [-0.4, -0.2) is 12.7 Å². The topological polar surface area (TPSA) is 9.23 Å². The summed E-state index contributed by atoms with van der Waals surface area (Å²) in [6.45, 7) is 3.33. The third kappa shape index (κ3) is 4.28. The molecule has 1 aliphatic carbocycles. The summed E-state index contributed by atoms with van der Waals surface area (Å²) in [5.74, 6) is 1.92. The Morgan fingerprint density at radius 3 is 2.29 bits per heavy atom. The van der Waals surface area contributed by atoms with E-state index in [0.717, 1.165) is 18.4 Å². The van der Waals surface area contributed by atoms with Crippen LogP contribution in [-0.2, 0) is 4.74 Å². The fraction of sp³-hybridized carbons (Fsp3) is 1.00. The first-order chi connectivity index (χ1) is 8.43. The van der Waals surface area contributed by atoms with Gasteiger partial charge in [-0.05, 0) is 31.1 Å². The fourth-order valence-corrected chi connectivity index (χ4v) is 3.47. The molecule has 0 unspecified atom stereocenters. The van der Waals surface area contributed by atoms with Crippen LogP contribution in [0.2, 0.25) is 0 Å². The van der Waals surface area contributed by atoms with Gasteiger partial charge in [-0.15, -0.1) is 0 Å². The number of hydrogen-bond donors (Lipinski definition) is 0. The molecule has 2 rings (SSSR count). The lowest BCUT2D eigenvalue weighted by atomic mass is 10.0. The third-order valence-electron chi connectivity index (χ3n) is 4.64. The minimum atomic E-state index is 0.688. The summed E-state index contributed by atoms with van der Waals surface area (Å²) in [6.07, 6.45) is 16.5. The van der Waals surface area contributed by atoms with Crippen LogP contribution >= 0.6 is 0 Å². The molecule has 0 spiro atoms. The maximum Gasteiger partial charge on any atom is 0.0638 e. The summed E-state index contributed by atoms with van der Waals surface area (Å²) < 4.78 is 5.79. The molecule has 0 aromatic heterocycles. The van der Waals surface area contributed by atoms with Crippen molar-refractivity contribution in [3.63, 3.8) is 0 Å². The molecular formula is C16H30O. The molecule has 100 valence electrons. The minimum Gasteiger partial charge on any atom is -0.378 e. The summed E-state index contributed by atoms with van der Waals surface area (Å²) in [4.78, 5) is 0. The van der Waals surface area contributed by atoms with Gasteiger partial charge in [-0.1, -0.05) is 58.3 Å². The van der Waals surface area contributed by atoms with E-state index in [9.17, 15) is 0 Å². The number of hydrogen-bond acceptors (Lipinski definition) is 1. The van der Waals surface area contributed by atoms with Crippen molar-refractivity contribution in [1.82, 2.24) is 0 Å². The van der Waals surface area contributed by atoms with Crippen LogP contribution in [0.3, 0.4) is 0 Å². The van der Waals surface area contributed by atoms with Crippen molar-refractivity contribution in [3.05, 3.63) is 0 Å². The summed E-state index contributed by atoms with van der Waals surface area (Å²) in [6, 6.07) is 0. The van der Waals surface area contributed by atoms with E-state index >= 15 is 0 Å². The van der Waals surface area contributed by atoms with E-state index in [1.807, 2.05) is 0 Å². The molecule has 1 heterocycles. The van der Waals surface area contributed by atoms with E-state index in [4.69, 9.17) is 4.74 Å². The van der Waals surface area contributed by atoms with Gasteiger partial charge in [0.15, 0.2) is 0 Å². The van der Waals surface area contributed by atoms with E-state index in [1.54, 1.807) is 0 Å². The zero-order chi connectivity index (χ0) is 11.9. The Bertz CT molecular complexity index is 190. The van der Waals surface area contributed by atoms with Gasteiger partial charge < -0.3 is 4.74 Å². The zero-order valence-electron chi connectivity index (χ0n) is 11.6. The lowest BCUT2D eigenvalue weighted by Crippen LogP contribution is -2.05. The SMILES string of the molecule is CCCCCCCCCC[C@H]1[C@@H]2CCCO[C@H]12. The average molecular weight is 238 g/mol. The molecule has 17 heavy (non-hydrogen) atoms. The maximum absolute atomic E-state index is 5.79. The lowest BCUT2D eigenvalue weighted by molar-refractivity contribution is 0.0748.